The van der Waals surface area contributed by atoms with Crippen molar-refractivity contribution in [3.05, 3.63) is 0 Å². The summed E-state index contributed by atoms with van der Waals surface area (Å²) in [4.78, 5) is 22.3. The lowest BCUT2D eigenvalue weighted by molar-refractivity contribution is -0.130. The van der Waals surface area contributed by atoms with Gasteiger partial charge < -0.3 is 0 Å². The predicted molar refractivity (Wildman–Crippen MR) is 61.1 cm³/mol. The van der Waals surface area contributed by atoms with Gasteiger partial charge in [-0.15, -0.1) is 0 Å². The van der Waals surface area contributed by atoms with E-state index in [9.17, 15) is 9.59 Å². The van der Waals surface area contributed by atoms with Gasteiger partial charge in [0, 0.05) is 6.42 Å². The molecule has 0 saturated carbocycles. The number of imide groups is 1. The zero-order valence-electron chi connectivity index (χ0n) is 6.32. The van der Waals surface area contributed by atoms with Crippen LogP contribution < -0.4 is 0 Å². The van der Waals surface area contributed by atoms with Crippen LogP contribution in [0.15, 0.2) is 0 Å². The van der Waals surface area contributed by atoms with Gasteiger partial charge in [-0.25, -0.2) is 14.7 Å². The lowest BCUT2D eigenvalue weighted by Crippen LogP contribution is -2.21. The quantitative estimate of drug-likeness (QED) is 0.338. The molecule has 2 amide bonds. The fraction of sp³-hybridized carbons (Fsp3) is 0.600. The molecule has 1 atom stereocenters. The van der Waals surface area contributed by atoms with Gasteiger partial charge >= 0.3 is 0 Å². The van der Waals surface area contributed by atoms with Gasteiger partial charge in [-0.2, -0.15) is 11.6 Å². The van der Waals surface area contributed by atoms with E-state index in [1.165, 1.54) is 14.7 Å². The average Bonchev–Trinajstić information content (AvgIpc) is 2.30. The molecule has 1 fully saturated rings. The fourth-order valence-corrected chi connectivity index (χ4v) is 2.97. The average molecular weight is 314 g/mol. The van der Waals surface area contributed by atoms with Crippen LogP contribution >= 0.6 is 46.1 Å². The van der Waals surface area contributed by atoms with Crippen molar-refractivity contribution in [1.29, 1.82) is 0 Å². The highest BCUT2D eigenvalue weighted by molar-refractivity contribution is 14.1. The van der Waals surface area contributed by atoms with Crippen LogP contribution in [0.25, 0.3) is 0 Å². The Labute approximate surface area is 93.9 Å². The molecule has 0 aromatic rings. The van der Waals surface area contributed by atoms with E-state index in [4.69, 9.17) is 0 Å². The maximum absolute atomic E-state index is 11.3. The largest absolute Gasteiger partial charge is 0.274 e. The van der Waals surface area contributed by atoms with Gasteiger partial charge in [0.15, 0.2) is 0 Å². The molecule has 0 aromatic carbocycles. The minimum absolute atomic E-state index is 0.0871. The van der Waals surface area contributed by atoms with Crippen molar-refractivity contribution in [2.75, 3.05) is 6.26 Å². The molecule has 1 aliphatic heterocycles. The number of amides is 2. The van der Waals surface area contributed by atoms with Crippen molar-refractivity contribution in [1.82, 2.24) is 3.11 Å². The summed E-state index contributed by atoms with van der Waals surface area (Å²) >= 11 is 4.72. The lowest BCUT2D eigenvalue weighted by Gasteiger charge is -2.04. The molecule has 1 unspecified atom stereocenters. The lowest BCUT2D eigenvalue weighted by atomic mass is 10.3. The Balaban J connectivity index is 2.47. The first-order valence-corrected chi connectivity index (χ1v) is 6.39. The van der Waals surface area contributed by atoms with Gasteiger partial charge in [0.25, 0.3) is 11.7 Å². The molecule has 1 radical (unpaired) electrons. The Bertz CT molecular complexity index is 216. The van der Waals surface area contributed by atoms with Crippen molar-refractivity contribution >= 4 is 63.7 Å². The minimum Gasteiger partial charge on any atom is -0.274 e. The first-order chi connectivity index (χ1) is 5.66. The maximum Gasteiger partial charge on any atom is 0.268 e. The standard InChI is InChI=1S/C5H6BINO2S2/c1-11-6-12-3-2-4(9)8(7)5(3)10/h3H,2H2,1H3. The van der Waals surface area contributed by atoms with Crippen molar-refractivity contribution < 1.29 is 9.59 Å². The molecular weight excluding hydrogens is 308 g/mol. The smallest absolute Gasteiger partial charge is 0.268 e. The van der Waals surface area contributed by atoms with Crippen LogP contribution in [0.3, 0.4) is 0 Å². The Morgan fingerprint density at radius 1 is 1.67 bits per heavy atom. The zero-order chi connectivity index (χ0) is 9.14. The second-order valence-electron chi connectivity index (χ2n) is 2.17. The number of rotatable bonds is 3. The van der Waals surface area contributed by atoms with Gasteiger partial charge in [-0.1, -0.05) is 0 Å². The molecule has 7 heteroatoms. The van der Waals surface area contributed by atoms with Crippen molar-refractivity contribution in [3.63, 3.8) is 0 Å². The Morgan fingerprint density at radius 3 is 2.75 bits per heavy atom. The third-order valence-electron chi connectivity index (χ3n) is 1.36. The maximum atomic E-state index is 11.3. The zero-order valence-corrected chi connectivity index (χ0v) is 10.1. The van der Waals surface area contributed by atoms with E-state index in [2.05, 4.69) is 0 Å². The van der Waals surface area contributed by atoms with Crippen molar-refractivity contribution in [3.8, 4) is 0 Å². The molecule has 1 rings (SSSR count). The summed E-state index contributed by atoms with van der Waals surface area (Å²) < 4.78 is 1.17. The first-order valence-electron chi connectivity index (χ1n) is 3.19. The number of hydrogen-bond acceptors (Lipinski definition) is 4. The third-order valence-corrected chi connectivity index (χ3v) is 4.29. The van der Waals surface area contributed by atoms with Crippen molar-refractivity contribution in [2.45, 2.75) is 11.7 Å². The summed E-state index contributed by atoms with van der Waals surface area (Å²) in [6.07, 6.45) is 2.26. The molecule has 0 aromatic heterocycles. The van der Waals surface area contributed by atoms with E-state index in [0.29, 0.717) is 6.42 Å². The summed E-state index contributed by atoms with van der Waals surface area (Å²) in [5.41, 5.74) is 0. The van der Waals surface area contributed by atoms with E-state index in [0.717, 1.165) is 0 Å². The fourth-order valence-electron chi connectivity index (χ4n) is 0.804. The molecule has 65 valence electrons. The third kappa shape index (κ3) is 2.32. The summed E-state index contributed by atoms with van der Waals surface area (Å²) in [7, 11) is 0. The molecule has 0 bridgehead atoms. The highest BCUT2D eigenvalue weighted by Gasteiger charge is 2.37. The van der Waals surface area contributed by atoms with E-state index in [1.54, 1.807) is 34.5 Å². The Hall–Kier alpha value is 0.635. The van der Waals surface area contributed by atoms with Gasteiger partial charge in [0.05, 0.1) is 28.1 Å². The highest BCUT2D eigenvalue weighted by atomic mass is 127. The summed E-state index contributed by atoms with van der Waals surface area (Å²) in [6, 6.07) is 0. The molecule has 0 aliphatic carbocycles. The number of carbonyl (C=O) groups excluding carboxylic acids is 2. The topological polar surface area (TPSA) is 37.4 Å². The number of halogens is 1. The number of hydrogen-bond donors (Lipinski definition) is 0. The van der Waals surface area contributed by atoms with Crippen LogP contribution in [-0.4, -0.2) is 32.3 Å². The molecule has 3 nitrogen and oxygen atoms in total. The highest BCUT2D eigenvalue weighted by Crippen LogP contribution is 2.27. The summed E-state index contributed by atoms with van der Waals surface area (Å²) in [5, 5.41) is -0.193. The number of nitrogens with zero attached hydrogens (tertiary/aromatic N) is 1. The van der Waals surface area contributed by atoms with E-state index in [-0.39, 0.29) is 17.1 Å². The molecule has 1 saturated heterocycles. The van der Waals surface area contributed by atoms with Crippen LogP contribution in [0.2, 0.25) is 0 Å². The van der Waals surface area contributed by atoms with Gasteiger partial charge in [-0.05, 0) is 6.26 Å². The van der Waals surface area contributed by atoms with Crippen molar-refractivity contribution in [2.24, 2.45) is 0 Å². The monoisotopic (exact) mass is 314 g/mol. The number of carbonyl (C=O) groups is 2. The van der Waals surface area contributed by atoms with Gasteiger partial charge in [0.2, 0.25) is 5.91 Å². The van der Waals surface area contributed by atoms with Gasteiger partial charge in [-0.3, -0.25) is 9.59 Å². The van der Waals surface area contributed by atoms with E-state index < -0.39 is 0 Å². The molecule has 0 N–H and O–H groups in total. The SMILES string of the molecule is CS[B]SC1CC(=O)N(I)C1=O. The Morgan fingerprint density at radius 2 is 2.33 bits per heavy atom. The van der Waals surface area contributed by atoms with Crippen LogP contribution in [0.4, 0.5) is 0 Å². The van der Waals surface area contributed by atoms with Crippen LogP contribution in [0, 0.1) is 0 Å². The van der Waals surface area contributed by atoms with Crippen LogP contribution in [-0.2, 0) is 9.59 Å². The summed E-state index contributed by atoms with van der Waals surface area (Å²) in [5.74, 6) is 1.70. The second-order valence-corrected chi connectivity index (χ2v) is 5.22. The second kappa shape index (κ2) is 4.76. The van der Waals surface area contributed by atoms with Crippen LogP contribution in [0.1, 0.15) is 6.42 Å². The Kier molecular flexibility index (Phi) is 4.25. The molecular formula is C5H6BINO2S2. The normalized spacial score (nSPS) is 23.5. The summed E-state index contributed by atoms with van der Waals surface area (Å²) in [6.45, 7) is 0. The minimum atomic E-state index is -0.193. The first kappa shape index (κ1) is 10.7. The molecule has 12 heavy (non-hydrogen) atoms. The van der Waals surface area contributed by atoms with E-state index in [1.807, 2.05) is 12.1 Å². The molecule has 1 aliphatic rings. The molecule has 0 spiro atoms. The molecule has 1 heterocycles. The predicted octanol–water partition coefficient (Wildman–Crippen LogP) is 1.09. The van der Waals surface area contributed by atoms with Gasteiger partial charge in [0.1, 0.15) is 0 Å². The van der Waals surface area contributed by atoms with Crippen LogP contribution in [0.5, 0.6) is 0 Å². The van der Waals surface area contributed by atoms with E-state index >= 15 is 0 Å².